The van der Waals surface area contributed by atoms with Gasteiger partial charge in [-0.25, -0.2) is 4.39 Å². The Labute approximate surface area is 103 Å². The summed E-state index contributed by atoms with van der Waals surface area (Å²) < 4.78 is 13.4. The minimum atomic E-state index is -0.327. The average Bonchev–Trinajstić information content (AvgIpc) is 2.22. The predicted molar refractivity (Wildman–Crippen MR) is 66.8 cm³/mol. The fourth-order valence-corrected chi connectivity index (χ4v) is 1.86. The predicted octanol–water partition coefficient (Wildman–Crippen LogP) is 3.96. The molecule has 0 saturated heterocycles. The van der Waals surface area contributed by atoms with Crippen molar-refractivity contribution in [2.45, 2.75) is 26.7 Å². The van der Waals surface area contributed by atoms with Crippen LogP contribution in [0.2, 0.25) is 0 Å². The number of halogens is 2. The van der Waals surface area contributed by atoms with Crippen molar-refractivity contribution in [3.63, 3.8) is 0 Å². The molecule has 88 valence electrons. The van der Waals surface area contributed by atoms with Crippen LogP contribution in [-0.2, 0) is 4.79 Å². The number of rotatable bonds is 4. The monoisotopic (exact) mass is 287 g/mol. The molecule has 4 heteroatoms. The molecule has 0 aliphatic carbocycles. The van der Waals surface area contributed by atoms with Gasteiger partial charge < -0.3 is 5.32 Å². The van der Waals surface area contributed by atoms with Gasteiger partial charge in [0.05, 0.1) is 5.69 Å². The number of nitrogens with one attached hydrogen (secondary N) is 1. The van der Waals surface area contributed by atoms with Crippen molar-refractivity contribution in [3.8, 4) is 0 Å². The number of anilines is 1. The Hall–Kier alpha value is -0.900. The summed E-state index contributed by atoms with van der Waals surface area (Å²) in [5, 5.41) is 2.77. The van der Waals surface area contributed by atoms with Gasteiger partial charge in [-0.05, 0) is 40.5 Å². The Morgan fingerprint density at radius 3 is 2.81 bits per heavy atom. The molecule has 0 spiro atoms. The molecule has 0 aliphatic heterocycles. The van der Waals surface area contributed by atoms with Gasteiger partial charge in [0.15, 0.2) is 0 Å². The van der Waals surface area contributed by atoms with E-state index in [-0.39, 0.29) is 17.6 Å². The fourth-order valence-electron chi connectivity index (χ4n) is 1.41. The molecular weight excluding hydrogens is 273 g/mol. The minimum absolute atomic E-state index is 0.0260. The maximum atomic E-state index is 12.8. The highest BCUT2D eigenvalue weighted by Gasteiger charge is 2.13. The van der Waals surface area contributed by atoms with E-state index in [0.717, 1.165) is 12.8 Å². The highest BCUT2D eigenvalue weighted by Crippen LogP contribution is 2.23. The Bertz CT molecular complexity index is 381. The normalized spacial score (nSPS) is 12.2. The lowest BCUT2D eigenvalue weighted by atomic mass is 10.1. The summed E-state index contributed by atoms with van der Waals surface area (Å²) in [4.78, 5) is 11.7. The van der Waals surface area contributed by atoms with Crippen LogP contribution in [0.5, 0.6) is 0 Å². The summed E-state index contributed by atoms with van der Waals surface area (Å²) in [5.41, 5.74) is 0.606. The van der Waals surface area contributed by atoms with Gasteiger partial charge in [0, 0.05) is 10.4 Å². The molecular formula is C12H15BrFNO. The molecule has 1 aromatic carbocycles. The quantitative estimate of drug-likeness (QED) is 0.892. The van der Waals surface area contributed by atoms with Gasteiger partial charge in [0.25, 0.3) is 0 Å². The van der Waals surface area contributed by atoms with Gasteiger partial charge in [-0.2, -0.15) is 0 Å². The molecule has 1 N–H and O–H groups in total. The molecule has 0 fully saturated rings. The van der Waals surface area contributed by atoms with E-state index in [1.807, 2.05) is 13.8 Å². The molecule has 1 aromatic rings. The Morgan fingerprint density at radius 2 is 2.25 bits per heavy atom. The highest BCUT2D eigenvalue weighted by molar-refractivity contribution is 9.10. The van der Waals surface area contributed by atoms with Crippen LogP contribution in [0.15, 0.2) is 22.7 Å². The lowest BCUT2D eigenvalue weighted by Gasteiger charge is -2.12. The first-order valence-corrected chi connectivity index (χ1v) is 6.09. The van der Waals surface area contributed by atoms with E-state index < -0.39 is 0 Å². The second-order valence-electron chi connectivity index (χ2n) is 3.80. The Balaban J connectivity index is 2.69. The molecule has 0 radical (unpaired) electrons. The minimum Gasteiger partial charge on any atom is -0.325 e. The first-order chi connectivity index (χ1) is 7.54. The third-order valence-corrected chi connectivity index (χ3v) is 3.01. The number of carbonyl (C=O) groups excluding carboxylic acids is 1. The van der Waals surface area contributed by atoms with Crippen LogP contribution in [0, 0.1) is 11.7 Å². The summed E-state index contributed by atoms with van der Waals surface area (Å²) in [6.07, 6.45) is 1.82. The van der Waals surface area contributed by atoms with Crippen LogP contribution < -0.4 is 5.32 Å². The van der Waals surface area contributed by atoms with Gasteiger partial charge >= 0.3 is 0 Å². The number of amides is 1. The van der Waals surface area contributed by atoms with Crippen LogP contribution >= 0.6 is 15.9 Å². The van der Waals surface area contributed by atoms with Crippen LogP contribution in [0.1, 0.15) is 26.7 Å². The highest BCUT2D eigenvalue weighted by atomic mass is 79.9. The van der Waals surface area contributed by atoms with E-state index in [4.69, 9.17) is 0 Å². The van der Waals surface area contributed by atoms with E-state index in [9.17, 15) is 9.18 Å². The summed E-state index contributed by atoms with van der Waals surface area (Å²) in [6.45, 7) is 3.92. The lowest BCUT2D eigenvalue weighted by Crippen LogP contribution is -2.20. The Kier molecular flexibility index (Phi) is 4.93. The summed E-state index contributed by atoms with van der Waals surface area (Å²) in [5.74, 6) is -0.386. The molecule has 1 unspecified atom stereocenters. The molecule has 1 amide bonds. The van der Waals surface area contributed by atoms with E-state index >= 15 is 0 Å². The lowest BCUT2D eigenvalue weighted by molar-refractivity contribution is -0.119. The molecule has 0 heterocycles. The SMILES string of the molecule is CCCC(C)C(=O)Nc1ccc(F)cc1Br. The smallest absolute Gasteiger partial charge is 0.227 e. The van der Waals surface area contributed by atoms with Crippen molar-refractivity contribution in [1.82, 2.24) is 0 Å². The molecule has 1 rings (SSSR count). The second-order valence-corrected chi connectivity index (χ2v) is 4.66. The summed E-state index contributed by atoms with van der Waals surface area (Å²) >= 11 is 3.21. The van der Waals surface area contributed by atoms with E-state index in [0.29, 0.717) is 10.2 Å². The third-order valence-electron chi connectivity index (χ3n) is 2.36. The molecule has 1 atom stereocenters. The number of hydrogen-bond donors (Lipinski definition) is 1. The third kappa shape index (κ3) is 3.59. The number of carbonyl (C=O) groups is 1. The van der Waals surface area contributed by atoms with Gasteiger partial charge in [-0.3, -0.25) is 4.79 Å². The van der Waals surface area contributed by atoms with E-state index in [2.05, 4.69) is 21.2 Å². The zero-order valence-corrected chi connectivity index (χ0v) is 11.0. The zero-order chi connectivity index (χ0) is 12.1. The second kappa shape index (κ2) is 5.99. The molecule has 0 aromatic heterocycles. The standard InChI is InChI=1S/C12H15BrFNO/c1-3-4-8(2)12(16)15-11-6-5-9(14)7-10(11)13/h5-8H,3-4H2,1-2H3,(H,15,16). The van der Waals surface area contributed by atoms with Crippen LogP contribution in [0.25, 0.3) is 0 Å². The van der Waals surface area contributed by atoms with Crippen molar-refractivity contribution >= 4 is 27.5 Å². The topological polar surface area (TPSA) is 29.1 Å². The molecule has 0 bridgehead atoms. The molecule has 2 nitrogen and oxygen atoms in total. The van der Waals surface area contributed by atoms with Crippen molar-refractivity contribution in [1.29, 1.82) is 0 Å². The zero-order valence-electron chi connectivity index (χ0n) is 9.39. The van der Waals surface area contributed by atoms with Gasteiger partial charge in [0.1, 0.15) is 5.82 Å². The van der Waals surface area contributed by atoms with Crippen molar-refractivity contribution in [3.05, 3.63) is 28.5 Å². The summed E-state index contributed by atoms with van der Waals surface area (Å²) in [7, 11) is 0. The maximum absolute atomic E-state index is 12.8. The number of benzene rings is 1. The maximum Gasteiger partial charge on any atom is 0.227 e. The van der Waals surface area contributed by atoms with Crippen LogP contribution in [0.3, 0.4) is 0 Å². The van der Waals surface area contributed by atoms with Gasteiger partial charge in [0.2, 0.25) is 5.91 Å². The fraction of sp³-hybridized carbons (Fsp3) is 0.417. The number of hydrogen-bond acceptors (Lipinski definition) is 1. The molecule has 16 heavy (non-hydrogen) atoms. The van der Waals surface area contributed by atoms with Gasteiger partial charge in [-0.1, -0.05) is 20.3 Å². The molecule has 0 aliphatic rings. The largest absolute Gasteiger partial charge is 0.325 e. The van der Waals surface area contributed by atoms with Crippen molar-refractivity contribution in [2.24, 2.45) is 5.92 Å². The first-order valence-electron chi connectivity index (χ1n) is 5.30. The average molecular weight is 288 g/mol. The van der Waals surface area contributed by atoms with Gasteiger partial charge in [-0.15, -0.1) is 0 Å². The summed E-state index contributed by atoms with van der Waals surface area (Å²) in [6, 6.07) is 4.21. The van der Waals surface area contributed by atoms with E-state index in [1.54, 1.807) is 6.07 Å². The first kappa shape index (κ1) is 13.2. The molecule has 0 saturated carbocycles. The Morgan fingerprint density at radius 1 is 1.56 bits per heavy atom. The van der Waals surface area contributed by atoms with E-state index in [1.165, 1.54) is 12.1 Å². The van der Waals surface area contributed by atoms with Crippen LogP contribution in [0.4, 0.5) is 10.1 Å². The van der Waals surface area contributed by atoms with Crippen molar-refractivity contribution in [2.75, 3.05) is 5.32 Å². The van der Waals surface area contributed by atoms with Crippen molar-refractivity contribution < 1.29 is 9.18 Å². The van der Waals surface area contributed by atoms with Crippen LogP contribution in [-0.4, -0.2) is 5.91 Å².